The van der Waals surface area contributed by atoms with Crippen LogP contribution in [0.25, 0.3) is 0 Å². The van der Waals surface area contributed by atoms with Crippen molar-refractivity contribution in [2.75, 3.05) is 0 Å². The summed E-state index contributed by atoms with van der Waals surface area (Å²) in [7, 11) is 0. The summed E-state index contributed by atoms with van der Waals surface area (Å²) >= 11 is 0. The van der Waals surface area contributed by atoms with E-state index in [-0.39, 0.29) is 18.2 Å². The Morgan fingerprint density at radius 3 is 2.33 bits per heavy atom. The van der Waals surface area contributed by atoms with Crippen molar-refractivity contribution >= 4 is 18.4 Å². The second-order valence-corrected chi connectivity index (χ2v) is 4.93. The summed E-state index contributed by atoms with van der Waals surface area (Å²) in [5.74, 6) is -1.26. The SMILES string of the molecule is CC(C)(CCc1ccc(F)cc1)[C@H](N)C(=O)O.Cl. The lowest BCUT2D eigenvalue weighted by Crippen LogP contribution is -2.44. The average Bonchev–Trinajstić information content (AvgIpc) is 2.27. The lowest BCUT2D eigenvalue weighted by Gasteiger charge is -2.28. The van der Waals surface area contributed by atoms with E-state index in [1.165, 1.54) is 12.1 Å². The van der Waals surface area contributed by atoms with E-state index >= 15 is 0 Å². The Morgan fingerprint density at radius 2 is 1.89 bits per heavy atom. The maximum Gasteiger partial charge on any atom is 0.321 e. The van der Waals surface area contributed by atoms with Gasteiger partial charge >= 0.3 is 5.97 Å². The van der Waals surface area contributed by atoms with Crippen LogP contribution in [-0.4, -0.2) is 17.1 Å². The van der Waals surface area contributed by atoms with Crippen LogP contribution in [0.5, 0.6) is 0 Å². The van der Waals surface area contributed by atoms with Crippen LogP contribution < -0.4 is 5.73 Å². The average molecular weight is 276 g/mol. The van der Waals surface area contributed by atoms with Crippen LogP contribution in [0.1, 0.15) is 25.8 Å². The van der Waals surface area contributed by atoms with Crippen molar-refractivity contribution in [3.8, 4) is 0 Å². The zero-order chi connectivity index (χ0) is 13.1. The number of hydrogen-bond acceptors (Lipinski definition) is 2. The highest BCUT2D eigenvalue weighted by atomic mass is 35.5. The molecule has 0 aliphatic carbocycles. The topological polar surface area (TPSA) is 63.3 Å². The highest BCUT2D eigenvalue weighted by Gasteiger charge is 2.31. The molecular weight excluding hydrogens is 257 g/mol. The number of carboxylic acid groups (broad SMARTS) is 1. The molecule has 0 saturated carbocycles. The molecule has 1 rings (SSSR count). The molecule has 0 heterocycles. The Morgan fingerprint density at radius 1 is 1.39 bits per heavy atom. The smallest absolute Gasteiger partial charge is 0.321 e. The molecule has 18 heavy (non-hydrogen) atoms. The molecular formula is C13H19ClFNO2. The number of carboxylic acids is 1. The molecule has 0 spiro atoms. The molecule has 0 aliphatic heterocycles. The Kier molecular flexibility index (Phi) is 6.29. The summed E-state index contributed by atoms with van der Waals surface area (Å²) in [5, 5.41) is 8.88. The molecule has 5 heteroatoms. The van der Waals surface area contributed by atoms with E-state index in [2.05, 4.69) is 0 Å². The maximum atomic E-state index is 12.7. The molecule has 102 valence electrons. The molecule has 1 atom stereocenters. The predicted molar refractivity (Wildman–Crippen MR) is 71.4 cm³/mol. The van der Waals surface area contributed by atoms with Gasteiger partial charge in [0.15, 0.2) is 0 Å². The number of rotatable bonds is 5. The van der Waals surface area contributed by atoms with Crippen LogP contribution in [0, 0.1) is 11.2 Å². The van der Waals surface area contributed by atoms with Gasteiger partial charge in [-0.25, -0.2) is 4.39 Å². The van der Waals surface area contributed by atoms with E-state index in [4.69, 9.17) is 10.8 Å². The third-order valence-electron chi connectivity index (χ3n) is 3.08. The number of hydrogen-bond donors (Lipinski definition) is 2. The summed E-state index contributed by atoms with van der Waals surface area (Å²) in [6.07, 6.45) is 1.33. The first kappa shape index (κ1) is 16.9. The Balaban J connectivity index is 0.00000289. The van der Waals surface area contributed by atoms with E-state index in [1.807, 2.05) is 13.8 Å². The standard InChI is InChI=1S/C13H18FNO2.ClH/c1-13(2,11(15)12(16)17)8-7-9-3-5-10(14)6-4-9;/h3-6,11H,7-8,15H2,1-2H3,(H,16,17);1H/t11-;/m1./s1. The van der Waals surface area contributed by atoms with Crippen LogP contribution >= 0.6 is 12.4 Å². The number of aryl methyl sites for hydroxylation is 1. The summed E-state index contributed by atoms with van der Waals surface area (Å²) < 4.78 is 12.7. The zero-order valence-electron chi connectivity index (χ0n) is 10.5. The van der Waals surface area contributed by atoms with Gasteiger partial charge in [-0.15, -0.1) is 12.4 Å². The fraction of sp³-hybridized carbons (Fsp3) is 0.462. The van der Waals surface area contributed by atoms with Gasteiger partial charge in [-0.3, -0.25) is 4.79 Å². The molecule has 3 nitrogen and oxygen atoms in total. The number of carbonyl (C=O) groups is 1. The summed E-state index contributed by atoms with van der Waals surface area (Å²) in [6.45, 7) is 3.66. The molecule has 0 bridgehead atoms. The number of aliphatic carboxylic acids is 1. The summed E-state index contributed by atoms with van der Waals surface area (Å²) in [4.78, 5) is 10.8. The Labute approximate surface area is 113 Å². The van der Waals surface area contributed by atoms with Crippen molar-refractivity contribution in [2.24, 2.45) is 11.1 Å². The molecule has 3 N–H and O–H groups in total. The van der Waals surface area contributed by atoms with E-state index in [0.29, 0.717) is 12.8 Å². The fourth-order valence-electron chi connectivity index (χ4n) is 1.61. The predicted octanol–water partition coefficient (Wildman–Crippen LogP) is 2.62. The van der Waals surface area contributed by atoms with Gasteiger partial charge in [-0.1, -0.05) is 26.0 Å². The Hall–Kier alpha value is -1.13. The lowest BCUT2D eigenvalue weighted by atomic mass is 9.79. The molecule has 0 aliphatic rings. The molecule has 0 fully saturated rings. The van der Waals surface area contributed by atoms with Gasteiger partial charge in [0.2, 0.25) is 0 Å². The van der Waals surface area contributed by atoms with E-state index < -0.39 is 17.4 Å². The minimum Gasteiger partial charge on any atom is -0.480 e. The largest absolute Gasteiger partial charge is 0.480 e. The first-order valence-corrected chi connectivity index (χ1v) is 5.56. The van der Waals surface area contributed by atoms with Crippen molar-refractivity contribution in [2.45, 2.75) is 32.7 Å². The number of halogens is 2. The second-order valence-electron chi connectivity index (χ2n) is 4.93. The Bertz CT molecular complexity index is 392. The van der Waals surface area contributed by atoms with Crippen molar-refractivity contribution in [3.63, 3.8) is 0 Å². The molecule has 0 amide bonds. The lowest BCUT2D eigenvalue weighted by molar-refractivity contribution is -0.141. The van der Waals surface area contributed by atoms with Gasteiger partial charge in [-0.05, 0) is 36.0 Å². The number of nitrogens with two attached hydrogens (primary N) is 1. The van der Waals surface area contributed by atoms with Crippen molar-refractivity contribution in [1.29, 1.82) is 0 Å². The minimum absolute atomic E-state index is 0. The van der Waals surface area contributed by atoms with Crippen molar-refractivity contribution in [3.05, 3.63) is 35.6 Å². The third-order valence-corrected chi connectivity index (χ3v) is 3.08. The summed E-state index contributed by atoms with van der Waals surface area (Å²) in [6, 6.07) is 5.33. The van der Waals surface area contributed by atoms with Gasteiger partial charge in [0.25, 0.3) is 0 Å². The van der Waals surface area contributed by atoms with Crippen LogP contribution in [0.4, 0.5) is 4.39 Å². The fourth-order valence-corrected chi connectivity index (χ4v) is 1.61. The van der Waals surface area contributed by atoms with Gasteiger partial charge < -0.3 is 10.8 Å². The van der Waals surface area contributed by atoms with Gasteiger partial charge in [0.1, 0.15) is 11.9 Å². The molecule has 0 saturated heterocycles. The minimum atomic E-state index is -0.992. The van der Waals surface area contributed by atoms with Gasteiger partial charge in [-0.2, -0.15) is 0 Å². The monoisotopic (exact) mass is 275 g/mol. The molecule has 1 aromatic rings. The number of benzene rings is 1. The van der Waals surface area contributed by atoms with Gasteiger partial charge in [0.05, 0.1) is 0 Å². The van der Waals surface area contributed by atoms with E-state index in [9.17, 15) is 9.18 Å². The normalized spacial score (nSPS) is 12.7. The third kappa shape index (κ3) is 4.63. The maximum absolute atomic E-state index is 12.7. The highest BCUT2D eigenvalue weighted by Crippen LogP contribution is 2.26. The van der Waals surface area contributed by atoms with Crippen LogP contribution in [-0.2, 0) is 11.2 Å². The first-order chi connectivity index (χ1) is 7.83. The van der Waals surface area contributed by atoms with Gasteiger partial charge in [0, 0.05) is 0 Å². The van der Waals surface area contributed by atoms with Crippen LogP contribution in [0.2, 0.25) is 0 Å². The first-order valence-electron chi connectivity index (χ1n) is 5.56. The van der Waals surface area contributed by atoms with Crippen molar-refractivity contribution in [1.82, 2.24) is 0 Å². The molecule has 1 aromatic carbocycles. The quantitative estimate of drug-likeness (QED) is 0.868. The molecule has 0 unspecified atom stereocenters. The van der Waals surface area contributed by atoms with Crippen LogP contribution in [0.3, 0.4) is 0 Å². The second kappa shape index (κ2) is 6.71. The van der Waals surface area contributed by atoms with Crippen molar-refractivity contribution < 1.29 is 14.3 Å². The molecule has 0 aromatic heterocycles. The van der Waals surface area contributed by atoms with Crippen LogP contribution in [0.15, 0.2) is 24.3 Å². The van der Waals surface area contributed by atoms with E-state index in [0.717, 1.165) is 5.56 Å². The highest BCUT2D eigenvalue weighted by molar-refractivity contribution is 5.85. The summed E-state index contributed by atoms with van der Waals surface area (Å²) in [5.41, 5.74) is 6.12. The van der Waals surface area contributed by atoms with E-state index in [1.54, 1.807) is 12.1 Å². The molecule has 0 radical (unpaired) electrons. The zero-order valence-corrected chi connectivity index (χ0v) is 11.3.